The number of nitrogens with one attached hydrogen (secondary N) is 2. The van der Waals surface area contributed by atoms with Gasteiger partial charge in [0.2, 0.25) is 0 Å². The number of carbonyl (C=O) groups is 1. The van der Waals surface area contributed by atoms with Crippen LogP contribution in [0, 0.1) is 0 Å². The zero-order valence-electron chi connectivity index (χ0n) is 13.8. The molecule has 26 heavy (non-hydrogen) atoms. The second-order valence-electron chi connectivity index (χ2n) is 5.92. The van der Waals surface area contributed by atoms with E-state index in [-0.39, 0.29) is 11.3 Å². The van der Waals surface area contributed by atoms with E-state index in [4.69, 9.17) is 4.42 Å². The second-order valence-corrected chi connectivity index (χ2v) is 5.92. The van der Waals surface area contributed by atoms with Crippen molar-refractivity contribution in [1.29, 1.82) is 0 Å². The smallest absolute Gasteiger partial charge is 0.273 e. The minimum Gasteiger partial charge on any atom is -0.507 e. The molecular weight excluding hydrogens is 328 g/mol. The van der Waals surface area contributed by atoms with Crippen LogP contribution in [0.25, 0.3) is 27.4 Å². The first-order chi connectivity index (χ1) is 12.6. The van der Waals surface area contributed by atoms with Gasteiger partial charge in [-0.2, -0.15) is 0 Å². The van der Waals surface area contributed by atoms with Crippen molar-refractivity contribution in [3.05, 3.63) is 84.6 Å². The van der Waals surface area contributed by atoms with E-state index < -0.39 is 5.91 Å². The van der Waals surface area contributed by atoms with Crippen LogP contribution >= 0.6 is 0 Å². The van der Waals surface area contributed by atoms with Crippen LogP contribution in [0.1, 0.15) is 16.1 Å². The fourth-order valence-corrected chi connectivity index (χ4v) is 2.80. The SMILES string of the molecule is C=C(NNC(=O)c1cc2ccccc2cc1O)c1cc2ccccc2o1. The molecule has 3 aromatic carbocycles. The highest BCUT2D eigenvalue weighted by atomic mass is 16.3. The van der Waals surface area contributed by atoms with Crippen molar-refractivity contribution in [2.24, 2.45) is 0 Å². The lowest BCUT2D eigenvalue weighted by Crippen LogP contribution is -2.35. The number of phenolic OH excluding ortho intramolecular Hbond substituents is 1. The molecule has 3 N–H and O–H groups in total. The Morgan fingerprint density at radius 1 is 0.885 bits per heavy atom. The van der Waals surface area contributed by atoms with Gasteiger partial charge >= 0.3 is 0 Å². The molecule has 0 atom stereocenters. The summed E-state index contributed by atoms with van der Waals surface area (Å²) in [6.45, 7) is 3.88. The van der Waals surface area contributed by atoms with Crippen molar-refractivity contribution >= 4 is 33.3 Å². The van der Waals surface area contributed by atoms with Gasteiger partial charge in [-0.3, -0.25) is 15.6 Å². The quantitative estimate of drug-likeness (QED) is 0.485. The van der Waals surface area contributed by atoms with Crippen molar-refractivity contribution in [3.63, 3.8) is 0 Å². The monoisotopic (exact) mass is 344 g/mol. The van der Waals surface area contributed by atoms with Crippen LogP contribution in [0.5, 0.6) is 5.75 Å². The first-order valence-corrected chi connectivity index (χ1v) is 8.08. The van der Waals surface area contributed by atoms with Crippen LogP contribution in [0.2, 0.25) is 0 Å². The Labute approximate surface area is 149 Å². The molecule has 0 fully saturated rings. The predicted octanol–water partition coefficient (Wildman–Crippen LogP) is 4.20. The average molecular weight is 344 g/mol. The first kappa shape index (κ1) is 15.8. The first-order valence-electron chi connectivity index (χ1n) is 8.08. The predicted molar refractivity (Wildman–Crippen MR) is 101 cm³/mol. The number of para-hydroxylation sites is 1. The number of furan rings is 1. The van der Waals surface area contributed by atoms with E-state index in [9.17, 15) is 9.90 Å². The minimum absolute atomic E-state index is 0.0858. The lowest BCUT2D eigenvalue weighted by molar-refractivity contribution is 0.0940. The third-order valence-corrected chi connectivity index (χ3v) is 4.16. The van der Waals surface area contributed by atoms with Crippen molar-refractivity contribution in [1.82, 2.24) is 10.9 Å². The van der Waals surface area contributed by atoms with Crippen LogP contribution in [-0.4, -0.2) is 11.0 Å². The van der Waals surface area contributed by atoms with E-state index in [0.29, 0.717) is 11.5 Å². The third kappa shape index (κ3) is 2.86. The molecule has 0 saturated heterocycles. The summed E-state index contributed by atoms with van der Waals surface area (Å²) < 4.78 is 5.69. The Morgan fingerprint density at radius 3 is 2.27 bits per heavy atom. The maximum atomic E-state index is 12.4. The Bertz CT molecular complexity index is 1110. The number of amides is 1. The normalized spacial score (nSPS) is 10.8. The molecule has 4 rings (SSSR count). The molecule has 0 aliphatic carbocycles. The van der Waals surface area contributed by atoms with Crippen molar-refractivity contribution in [2.75, 3.05) is 0 Å². The van der Waals surface area contributed by atoms with Gasteiger partial charge in [-0.15, -0.1) is 0 Å². The number of hydrogen-bond acceptors (Lipinski definition) is 4. The van der Waals surface area contributed by atoms with Gasteiger partial charge in [-0.05, 0) is 35.0 Å². The maximum absolute atomic E-state index is 12.4. The van der Waals surface area contributed by atoms with Crippen molar-refractivity contribution in [2.45, 2.75) is 0 Å². The van der Waals surface area contributed by atoms with Crippen molar-refractivity contribution in [3.8, 4) is 5.75 Å². The fraction of sp³-hybridized carbons (Fsp3) is 0. The van der Waals surface area contributed by atoms with E-state index >= 15 is 0 Å². The van der Waals surface area contributed by atoms with Gasteiger partial charge in [-0.1, -0.05) is 49.0 Å². The fourth-order valence-electron chi connectivity index (χ4n) is 2.80. The second kappa shape index (κ2) is 6.29. The van der Waals surface area contributed by atoms with Gasteiger partial charge in [0, 0.05) is 5.39 Å². The van der Waals surface area contributed by atoms with E-state index in [1.54, 1.807) is 12.1 Å². The molecule has 0 spiro atoms. The number of aromatic hydroxyl groups is 1. The Hall–Kier alpha value is -3.73. The van der Waals surface area contributed by atoms with Crippen LogP contribution in [0.3, 0.4) is 0 Å². The summed E-state index contributed by atoms with van der Waals surface area (Å²) in [5, 5.41) is 12.8. The molecule has 0 radical (unpaired) electrons. The lowest BCUT2D eigenvalue weighted by Gasteiger charge is -2.11. The van der Waals surface area contributed by atoms with Crippen LogP contribution in [0.15, 0.2) is 77.7 Å². The maximum Gasteiger partial charge on any atom is 0.273 e. The molecule has 1 amide bonds. The molecule has 5 nitrogen and oxygen atoms in total. The summed E-state index contributed by atoms with van der Waals surface area (Å²) in [4.78, 5) is 12.4. The summed E-state index contributed by atoms with van der Waals surface area (Å²) in [7, 11) is 0. The standard InChI is InChI=1S/C21H16N2O3/c1-13(20-12-16-8-4-5-9-19(16)26-20)22-23-21(25)17-10-14-6-2-3-7-15(14)11-18(17)24/h2-12,22,24H,1H2,(H,23,25). The molecule has 128 valence electrons. The van der Waals surface area contributed by atoms with Crippen LogP contribution in [0.4, 0.5) is 0 Å². The molecule has 4 aromatic rings. The summed E-state index contributed by atoms with van der Waals surface area (Å²) in [5.74, 6) is -0.0305. The summed E-state index contributed by atoms with van der Waals surface area (Å²) >= 11 is 0. The number of benzene rings is 3. The van der Waals surface area contributed by atoms with E-state index in [0.717, 1.165) is 21.7 Å². The summed E-state index contributed by atoms with van der Waals surface area (Å²) in [6.07, 6.45) is 0. The van der Waals surface area contributed by atoms with Crippen LogP contribution < -0.4 is 10.9 Å². The average Bonchev–Trinajstić information content (AvgIpc) is 3.09. The Balaban J connectivity index is 1.51. The largest absolute Gasteiger partial charge is 0.507 e. The molecular formula is C21H16N2O3. The summed E-state index contributed by atoms with van der Waals surface area (Å²) in [5.41, 5.74) is 6.60. The van der Waals surface area contributed by atoms with Gasteiger partial charge in [0.25, 0.3) is 5.91 Å². The van der Waals surface area contributed by atoms with E-state index in [1.807, 2.05) is 54.6 Å². The topological polar surface area (TPSA) is 74.5 Å². The lowest BCUT2D eigenvalue weighted by atomic mass is 10.1. The van der Waals surface area contributed by atoms with Crippen LogP contribution in [-0.2, 0) is 0 Å². The van der Waals surface area contributed by atoms with Gasteiger partial charge < -0.3 is 9.52 Å². The molecule has 5 heteroatoms. The third-order valence-electron chi connectivity index (χ3n) is 4.16. The van der Waals surface area contributed by atoms with Gasteiger partial charge in [0.1, 0.15) is 11.3 Å². The van der Waals surface area contributed by atoms with Gasteiger partial charge in [-0.25, -0.2) is 0 Å². The molecule has 0 saturated carbocycles. The number of hydrogen-bond donors (Lipinski definition) is 3. The number of rotatable bonds is 4. The highest BCUT2D eigenvalue weighted by Crippen LogP contribution is 2.25. The van der Waals surface area contributed by atoms with Gasteiger partial charge in [0.05, 0.1) is 11.3 Å². The van der Waals surface area contributed by atoms with Crippen molar-refractivity contribution < 1.29 is 14.3 Å². The number of hydrazine groups is 1. The zero-order valence-corrected chi connectivity index (χ0v) is 13.8. The van der Waals surface area contributed by atoms with E-state index in [2.05, 4.69) is 17.4 Å². The minimum atomic E-state index is -0.467. The van der Waals surface area contributed by atoms with Gasteiger partial charge in [0.15, 0.2) is 5.76 Å². The molecule has 1 aromatic heterocycles. The molecule has 0 aliphatic rings. The number of fused-ring (bicyclic) bond motifs is 2. The number of carbonyl (C=O) groups excluding carboxylic acids is 1. The Kier molecular flexibility index (Phi) is 3.82. The van der Waals surface area contributed by atoms with E-state index in [1.165, 1.54) is 0 Å². The highest BCUT2D eigenvalue weighted by molar-refractivity contribution is 6.01. The summed E-state index contributed by atoms with van der Waals surface area (Å²) in [6, 6.07) is 20.2. The molecule has 1 heterocycles. The number of phenols is 1. The Morgan fingerprint density at radius 2 is 1.54 bits per heavy atom. The highest BCUT2D eigenvalue weighted by Gasteiger charge is 2.13. The molecule has 0 bridgehead atoms. The zero-order chi connectivity index (χ0) is 18.1. The molecule has 0 unspecified atom stereocenters. The molecule has 0 aliphatic heterocycles.